The normalized spacial score (nSPS) is 10.8. The lowest BCUT2D eigenvalue weighted by atomic mass is 10.2. The zero-order valence-corrected chi connectivity index (χ0v) is 12.8. The van der Waals surface area contributed by atoms with E-state index < -0.39 is 10.0 Å². The van der Waals surface area contributed by atoms with Gasteiger partial charge < -0.3 is 15.2 Å². The highest BCUT2D eigenvalue weighted by molar-refractivity contribution is 7.94. The van der Waals surface area contributed by atoms with Crippen molar-refractivity contribution in [2.75, 3.05) is 7.11 Å². The highest BCUT2D eigenvalue weighted by Crippen LogP contribution is 2.33. The SMILES string of the molecule is COc1ccc(C[NH3+])cc1S(=O)(=O)[N-]c1cccc(C#N)c1. The second-order valence-electron chi connectivity index (χ2n) is 4.46. The number of methoxy groups -OCH3 is 1. The van der Waals surface area contributed by atoms with Crippen LogP contribution in [0.25, 0.3) is 4.72 Å². The van der Waals surface area contributed by atoms with Crippen LogP contribution in [-0.2, 0) is 16.6 Å². The van der Waals surface area contributed by atoms with Gasteiger partial charge in [0, 0.05) is 5.56 Å². The molecule has 2 rings (SSSR count). The third kappa shape index (κ3) is 3.36. The van der Waals surface area contributed by atoms with Gasteiger partial charge in [-0.3, -0.25) is 0 Å². The van der Waals surface area contributed by atoms with Crippen molar-refractivity contribution in [1.29, 1.82) is 5.26 Å². The molecule has 0 spiro atoms. The fraction of sp³-hybridized carbons (Fsp3) is 0.133. The summed E-state index contributed by atoms with van der Waals surface area (Å²) in [5, 5.41) is 8.86. The van der Waals surface area contributed by atoms with E-state index in [4.69, 9.17) is 10.00 Å². The molecule has 2 aromatic rings. The number of hydrogen-bond donors (Lipinski definition) is 1. The van der Waals surface area contributed by atoms with E-state index in [0.29, 0.717) is 12.1 Å². The average molecular weight is 317 g/mol. The van der Waals surface area contributed by atoms with Crippen molar-refractivity contribution >= 4 is 15.7 Å². The van der Waals surface area contributed by atoms with E-state index in [1.165, 1.54) is 25.3 Å². The van der Waals surface area contributed by atoms with Crippen molar-refractivity contribution in [3.8, 4) is 11.8 Å². The Bertz CT molecular complexity index is 826. The summed E-state index contributed by atoms with van der Waals surface area (Å²) in [6.07, 6.45) is 0. The highest BCUT2D eigenvalue weighted by atomic mass is 32.2. The maximum Gasteiger partial charge on any atom is 0.136 e. The Labute approximate surface area is 129 Å². The van der Waals surface area contributed by atoms with E-state index in [0.717, 1.165) is 5.56 Å². The molecule has 6 nitrogen and oxygen atoms in total. The first kappa shape index (κ1) is 15.8. The predicted molar refractivity (Wildman–Crippen MR) is 80.9 cm³/mol. The number of quaternary nitrogens is 1. The fourth-order valence-electron chi connectivity index (χ4n) is 1.90. The number of benzene rings is 2. The van der Waals surface area contributed by atoms with Crippen LogP contribution in [0.15, 0.2) is 47.4 Å². The number of sulfonamides is 1. The van der Waals surface area contributed by atoms with Crippen LogP contribution >= 0.6 is 0 Å². The van der Waals surface area contributed by atoms with E-state index in [2.05, 4.69) is 10.5 Å². The van der Waals surface area contributed by atoms with Gasteiger partial charge in [0.15, 0.2) is 0 Å². The predicted octanol–water partition coefficient (Wildman–Crippen LogP) is 1.70. The lowest BCUT2D eigenvalue weighted by Crippen LogP contribution is -2.47. The lowest BCUT2D eigenvalue weighted by Gasteiger charge is -2.23. The molecule has 3 N–H and O–H groups in total. The van der Waals surface area contributed by atoms with Gasteiger partial charge in [-0.25, -0.2) is 8.42 Å². The van der Waals surface area contributed by atoms with E-state index >= 15 is 0 Å². The maximum absolute atomic E-state index is 12.5. The molecule has 0 radical (unpaired) electrons. The Kier molecular flexibility index (Phi) is 4.65. The van der Waals surface area contributed by atoms with Crippen molar-refractivity contribution in [1.82, 2.24) is 0 Å². The van der Waals surface area contributed by atoms with Crippen molar-refractivity contribution in [3.05, 3.63) is 58.3 Å². The van der Waals surface area contributed by atoms with Crippen molar-refractivity contribution in [2.45, 2.75) is 11.4 Å². The van der Waals surface area contributed by atoms with Crippen LogP contribution in [0, 0.1) is 11.3 Å². The maximum atomic E-state index is 12.5. The summed E-state index contributed by atoms with van der Waals surface area (Å²) in [5.41, 5.74) is 5.04. The van der Waals surface area contributed by atoms with Gasteiger partial charge in [0.05, 0.1) is 30.2 Å². The zero-order chi connectivity index (χ0) is 16.2. The van der Waals surface area contributed by atoms with Crippen LogP contribution in [-0.4, -0.2) is 15.5 Å². The van der Waals surface area contributed by atoms with Gasteiger partial charge >= 0.3 is 0 Å². The average Bonchev–Trinajstić information content (AvgIpc) is 2.54. The molecule has 0 saturated heterocycles. The summed E-state index contributed by atoms with van der Waals surface area (Å²) in [5.74, 6) is 0.220. The molecule has 114 valence electrons. The smallest absolute Gasteiger partial charge is 0.136 e. The molecule has 0 bridgehead atoms. The van der Waals surface area contributed by atoms with Crippen LogP contribution < -0.4 is 10.5 Å². The van der Waals surface area contributed by atoms with Crippen LogP contribution in [0.2, 0.25) is 0 Å². The van der Waals surface area contributed by atoms with E-state index in [9.17, 15) is 8.42 Å². The Morgan fingerprint density at radius 2 is 2.05 bits per heavy atom. The van der Waals surface area contributed by atoms with Gasteiger partial charge in [0.1, 0.15) is 15.8 Å². The van der Waals surface area contributed by atoms with Gasteiger partial charge in [0.2, 0.25) is 0 Å². The first-order valence-electron chi connectivity index (χ1n) is 6.44. The summed E-state index contributed by atoms with van der Waals surface area (Å²) >= 11 is 0. The van der Waals surface area contributed by atoms with Crippen molar-refractivity contribution in [3.63, 3.8) is 0 Å². The number of nitrogens with zero attached hydrogens (tertiary/aromatic N) is 2. The molecule has 7 heteroatoms. The summed E-state index contributed by atoms with van der Waals surface area (Å²) in [4.78, 5) is -0.0153. The minimum atomic E-state index is -3.95. The topological polar surface area (TPSA) is 109 Å². The summed E-state index contributed by atoms with van der Waals surface area (Å²) in [6, 6.07) is 12.9. The quantitative estimate of drug-likeness (QED) is 0.905. The lowest BCUT2D eigenvalue weighted by molar-refractivity contribution is -0.386. The van der Waals surface area contributed by atoms with Crippen molar-refractivity contribution in [2.24, 2.45) is 0 Å². The van der Waals surface area contributed by atoms with Gasteiger partial charge in [-0.1, -0.05) is 18.2 Å². The Hall–Kier alpha value is -2.56. The number of nitriles is 1. The largest absolute Gasteiger partial charge is 0.573 e. The summed E-state index contributed by atoms with van der Waals surface area (Å²) < 4.78 is 33.9. The number of hydrogen-bond acceptors (Lipinski definition) is 4. The molecule has 0 unspecified atom stereocenters. The Balaban J connectivity index is 2.44. The van der Waals surface area contributed by atoms with Gasteiger partial charge in [-0.15, -0.1) is 5.69 Å². The molecule has 0 aliphatic carbocycles. The molecule has 0 amide bonds. The molecular weight excluding hydrogens is 302 g/mol. The molecule has 0 aromatic heterocycles. The molecule has 0 aliphatic rings. The number of ether oxygens (including phenoxy) is 1. The molecule has 0 atom stereocenters. The van der Waals surface area contributed by atoms with Crippen LogP contribution in [0.3, 0.4) is 0 Å². The molecule has 0 saturated carbocycles. The van der Waals surface area contributed by atoms with Crippen LogP contribution in [0.5, 0.6) is 5.75 Å². The van der Waals surface area contributed by atoms with Crippen molar-refractivity contribution < 1.29 is 18.9 Å². The first-order chi connectivity index (χ1) is 10.5. The zero-order valence-electron chi connectivity index (χ0n) is 12.0. The summed E-state index contributed by atoms with van der Waals surface area (Å²) in [6.45, 7) is 0.455. The second-order valence-corrected chi connectivity index (χ2v) is 6.04. The minimum absolute atomic E-state index is 0.0153. The van der Waals surface area contributed by atoms with Gasteiger partial charge in [-0.2, -0.15) is 5.26 Å². The molecule has 2 aromatic carbocycles. The fourth-order valence-corrected chi connectivity index (χ4v) is 3.09. The Morgan fingerprint density at radius 1 is 1.27 bits per heavy atom. The van der Waals surface area contributed by atoms with Gasteiger partial charge in [-0.05, 0) is 24.3 Å². The monoisotopic (exact) mass is 317 g/mol. The third-order valence-corrected chi connectivity index (χ3v) is 4.32. The second kappa shape index (κ2) is 6.47. The summed E-state index contributed by atoms with van der Waals surface area (Å²) in [7, 11) is -2.55. The van der Waals surface area contributed by atoms with Crippen LogP contribution in [0.4, 0.5) is 5.69 Å². The van der Waals surface area contributed by atoms with E-state index in [-0.39, 0.29) is 16.3 Å². The Morgan fingerprint density at radius 3 is 2.68 bits per heavy atom. The third-order valence-electron chi connectivity index (χ3n) is 3.00. The molecule has 0 heterocycles. The molecular formula is C15H15N3O3S. The molecule has 22 heavy (non-hydrogen) atoms. The molecule has 0 aliphatic heterocycles. The standard InChI is InChI=1S/C15H14N3O3S/c1-21-14-6-5-12(10-17)8-15(14)22(19,20)18-13-4-2-3-11(7-13)9-16/h2-8H,10,17H2,1H3/q-1/p+1. The van der Waals surface area contributed by atoms with E-state index in [1.54, 1.807) is 24.3 Å². The first-order valence-corrected chi connectivity index (χ1v) is 7.88. The molecule has 0 fully saturated rings. The van der Waals surface area contributed by atoms with E-state index in [1.807, 2.05) is 6.07 Å². The van der Waals surface area contributed by atoms with Crippen LogP contribution in [0.1, 0.15) is 11.1 Å². The minimum Gasteiger partial charge on any atom is -0.573 e. The van der Waals surface area contributed by atoms with Gasteiger partial charge in [0.25, 0.3) is 0 Å². The number of rotatable bonds is 5. The highest BCUT2D eigenvalue weighted by Gasteiger charge is 2.13.